The maximum atomic E-state index is 13.5. The van der Waals surface area contributed by atoms with Crippen LogP contribution in [0.15, 0.2) is 24.3 Å². The molecule has 106 valence electrons. The smallest absolute Gasteiger partial charge is 0.123 e. The molecule has 1 aromatic carbocycles. The van der Waals surface area contributed by atoms with Crippen molar-refractivity contribution in [2.75, 3.05) is 32.8 Å². The lowest BCUT2D eigenvalue weighted by molar-refractivity contribution is 0.0265. The van der Waals surface area contributed by atoms with E-state index in [1.54, 1.807) is 12.1 Å². The average molecular weight is 266 g/mol. The van der Waals surface area contributed by atoms with Gasteiger partial charge in [0.05, 0.1) is 12.1 Å². The fraction of sp³-hybridized carbons (Fsp3) is 0.600. The van der Waals surface area contributed by atoms with Crippen molar-refractivity contribution in [3.63, 3.8) is 0 Å². The SMILES string of the molecule is CCC(CO)(c1cccc(F)c1)N1CCCNCC1. The van der Waals surface area contributed by atoms with E-state index in [0.717, 1.165) is 44.6 Å². The Kier molecular flexibility index (Phi) is 4.91. The van der Waals surface area contributed by atoms with Crippen LogP contribution in [-0.2, 0) is 5.54 Å². The molecule has 0 aliphatic carbocycles. The van der Waals surface area contributed by atoms with E-state index in [0.29, 0.717) is 0 Å². The summed E-state index contributed by atoms with van der Waals surface area (Å²) in [6.07, 6.45) is 1.82. The Hall–Kier alpha value is -0.970. The number of hydrogen-bond donors (Lipinski definition) is 2. The Morgan fingerprint density at radius 3 is 2.89 bits per heavy atom. The summed E-state index contributed by atoms with van der Waals surface area (Å²) in [6.45, 7) is 5.80. The average Bonchev–Trinajstić information content (AvgIpc) is 2.71. The zero-order chi connectivity index (χ0) is 13.7. The highest BCUT2D eigenvalue weighted by atomic mass is 19.1. The lowest BCUT2D eigenvalue weighted by Gasteiger charge is -2.42. The number of aliphatic hydroxyl groups excluding tert-OH is 1. The largest absolute Gasteiger partial charge is 0.394 e. The molecular weight excluding hydrogens is 243 g/mol. The minimum atomic E-state index is -0.464. The first-order chi connectivity index (χ1) is 9.23. The molecule has 1 aromatic rings. The first-order valence-corrected chi connectivity index (χ1v) is 7.05. The second kappa shape index (κ2) is 6.46. The summed E-state index contributed by atoms with van der Waals surface area (Å²) in [4.78, 5) is 2.29. The van der Waals surface area contributed by atoms with Crippen molar-refractivity contribution in [3.8, 4) is 0 Å². The van der Waals surface area contributed by atoms with Crippen LogP contribution in [0.5, 0.6) is 0 Å². The van der Waals surface area contributed by atoms with Gasteiger partial charge in [-0.3, -0.25) is 4.90 Å². The van der Waals surface area contributed by atoms with Crippen molar-refractivity contribution in [2.45, 2.75) is 25.3 Å². The van der Waals surface area contributed by atoms with Gasteiger partial charge in [-0.2, -0.15) is 0 Å². The Bertz CT molecular complexity index is 399. The van der Waals surface area contributed by atoms with Crippen molar-refractivity contribution < 1.29 is 9.50 Å². The highest BCUT2D eigenvalue weighted by Crippen LogP contribution is 2.32. The lowest BCUT2D eigenvalue weighted by Crippen LogP contribution is -2.50. The van der Waals surface area contributed by atoms with Crippen molar-refractivity contribution in [1.82, 2.24) is 10.2 Å². The molecule has 1 atom stereocenters. The number of halogens is 1. The van der Waals surface area contributed by atoms with E-state index in [4.69, 9.17) is 0 Å². The highest BCUT2D eigenvalue weighted by Gasteiger charge is 2.36. The number of benzene rings is 1. The lowest BCUT2D eigenvalue weighted by atomic mass is 9.85. The third-order valence-electron chi connectivity index (χ3n) is 4.15. The molecule has 2 rings (SSSR count). The predicted molar refractivity (Wildman–Crippen MR) is 74.5 cm³/mol. The van der Waals surface area contributed by atoms with Gasteiger partial charge < -0.3 is 10.4 Å². The van der Waals surface area contributed by atoms with E-state index >= 15 is 0 Å². The van der Waals surface area contributed by atoms with Crippen LogP contribution in [0.25, 0.3) is 0 Å². The molecule has 0 spiro atoms. The normalized spacial score (nSPS) is 20.8. The maximum absolute atomic E-state index is 13.5. The summed E-state index contributed by atoms with van der Waals surface area (Å²) in [5, 5.41) is 13.3. The molecule has 0 amide bonds. The van der Waals surface area contributed by atoms with Gasteiger partial charge in [-0.15, -0.1) is 0 Å². The number of nitrogens with one attached hydrogen (secondary N) is 1. The molecule has 0 aromatic heterocycles. The Morgan fingerprint density at radius 1 is 1.37 bits per heavy atom. The van der Waals surface area contributed by atoms with Crippen LogP contribution < -0.4 is 5.32 Å². The predicted octanol–water partition coefficient (Wildman–Crippen LogP) is 1.72. The zero-order valence-corrected chi connectivity index (χ0v) is 11.5. The molecule has 0 bridgehead atoms. The molecule has 1 heterocycles. The molecule has 19 heavy (non-hydrogen) atoms. The summed E-state index contributed by atoms with van der Waals surface area (Å²) in [5.41, 5.74) is 0.410. The molecule has 4 heteroatoms. The van der Waals surface area contributed by atoms with Crippen LogP contribution >= 0.6 is 0 Å². The van der Waals surface area contributed by atoms with Crippen molar-refractivity contribution in [2.24, 2.45) is 0 Å². The molecule has 1 aliphatic heterocycles. The molecule has 1 saturated heterocycles. The van der Waals surface area contributed by atoms with E-state index in [-0.39, 0.29) is 12.4 Å². The van der Waals surface area contributed by atoms with Crippen molar-refractivity contribution >= 4 is 0 Å². The van der Waals surface area contributed by atoms with Crippen LogP contribution in [0.3, 0.4) is 0 Å². The second-order valence-electron chi connectivity index (χ2n) is 5.14. The van der Waals surface area contributed by atoms with Gasteiger partial charge in [0.2, 0.25) is 0 Å². The summed E-state index contributed by atoms with van der Waals surface area (Å²) < 4.78 is 13.5. The van der Waals surface area contributed by atoms with Crippen LogP contribution in [-0.4, -0.2) is 42.8 Å². The summed E-state index contributed by atoms with van der Waals surface area (Å²) in [5.74, 6) is -0.239. The monoisotopic (exact) mass is 266 g/mol. The Labute approximate surface area is 114 Å². The minimum absolute atomic E-state index is 0.0208. The van der Waals surface area contributed by atoms with Gasteiger partial charge in [0, 0.05) is 19.6 Å². The van der Waals surface area contributed by atoms with Gasteiger partial charge in [0.25, 0.3) is 0 Å². The van der Waals surface area contributed by atoms with Crippen LogP contribution in [0.4, 0.5) is 4.39 Å². The van der Waals surface area contributed by atoms with E-state index in [9.17, 15) is 9.50 Å². The highest BCUT2D eigenvalue weighted by molar-refractivity contribution is 5.26. The summed E-state index contributed by atoms with van der Waals surface area (Å²) in [6, 6.07) is 6.64. The second-order valence-corrected chi connectivity index (χ2v) is 5.14. The van der Waals surface area contributed by atoms with Gasteiger partial charge in [-0.1, -0.05) is 19.1 Å². The van der Waals surface area contributed by atoms with Crippen molar-refractivity contribution in [3.05, 3.63) is 35.6 Å². The van der Waals surface area contributed by atoms with Crippen LogP contribution in [0.1, 0.15) is 25.3 Å². The van der Waals surface area contributed by atoms with Crippen molar-refractivity contribution in [1.29, 1.82) is 0 Å². The third kappa shape index (κ3) is 2.96. The fourth-order valence-corrected chi connectivity index (χ4v) is 2.97. The van der Waals surface area contributed by atoms with E-state index < -0.39 is 5.54 Å². The summed E-state index contributed by atoms with van der Waals surface area (Å²) in [7, 11) is 0. The Balaban J connectivity index is 2.35. The number of nitrogens with zero attached hydrogens (tertiary/aromatic N) is 1. The molecule has 3 nitrogen and oxygen atoms in total. The first-order valence-electron chi connectivity index (χ1n) is 7.05. The number of hydrogen-bond acceptors (Lipinski definition) is 3. The minimum Gasteiger partial charge on any atom is -0.394 e. The Morgan fingerprint density at radius 2 is 2.21 bits per heavy atom. The standard InChI is InChI=1S/C15H23FN2O/c1-2-15(12-19,13-5-3-6-14(16)11-13)18-9-4-7-17-8-10-18/h3,5-6,11,17,19H,2,4,7-10,12H2,1H3. The first kappa shape index (κ1) is 14.4. The molecule has 1 fully saturated rings. The van der Waals surface area contributed by atoms with E-state index in [2.05, 4.69) is 17.1 Å². The number of rotatable bonds is 4. The fourth-order valence-electron chi connectivity index (χ4n) is 2.97. The van der Waals surface area contributed by atoms with Gasteiger partial charge in [-0.25, -0.2) is 4.39 Å². The topological polar surface area (TPSA) is 35.5 Å². The molecule has 1 aliphatic rings. The van der Waals surface area contributed by atoms with E-state index in [1.807, 2.05) is 6.07 Å². The van der Waals surface area contributed by atoms with Gasteiger partial charge in [0.15, 0.2) is 0 Å². The van der Waals surface area contributed by atoms with Crippen LogP contribution in [0.2, 0.25) is 0 Å². The molecule has 0 radical (unpaired) electrons. The van der Waals surface area contributed by atoms with Gasteiger partial charge in [0.1, 0.15) is 5.82 Å². The van der Waals surface area contributed by atoms with Gasteiger partial charge in [-0.05, 0) is 37.1 Å². The molecule has 0 saturated carbocycles. The molecule has 2 N–H and O–H groups in total. The molecular formula is C15H23FN2O. The molecule has 1 unspecified atom stereocenters. The van der Waals surface area contributed by atoms with E-state index in [1.165, 1.54) is 6.07 Å². The van der Waals surface area contributed by atoms with Gasteiger partial charge >= 0.3 is 0 Å². The quantitative estimate of drug-likeness (QED) is 0.871. The summed E-state index contributed by atoms with van der Waals surface area (Å²) >= 11 is 0. The number of aliphatic hydroxyl groups is 1. The van der Waals surface area contributed by atoms with Crippen LogP contribution in [0, 0.1) is 5.82 Å². The zero-order valence-electron chi connectivity index (χ0n) is 11.5. The maximum Gasteiger partial charge on any atom is 0.123 e. The third-order valence-corrected chi connectivity index (χ3v) is 4.15.